The van der Waals surface area contributed by atoms with E-state index >= 15 is 0 Å². The molecule has 1 aliphatic heterocycles. The van der Waals surface area contributed by atoms with Crippen LogP contribution in [0.25, 0.3) is 0 Å². The summed E-state index contributed by atoms with van der Waals surface area (Å²) in [5.74, 6) is 1.00. The summed E-state index contributed by atoms with van der Waals surface area (Å²) in [4.78, 5) is 0. The number of hydrogen-bond donors (Lipinski definition) is 1. The first-order chi connectivity index (χ1) is 7.18. The van der Waals surface area contributed by atoms with Crippen LogP contribution in [0, 0.1) is 5.82 Å². The number of nitrogens with one attached hydrogen (secondary N) is 1. The van der Waals surface area contributed by atoms with Gasteiger partial charge >= 0.3 is 0 Å². The summed E-state index contributed by atoms with van der Waals surface area (Å²) in [6, 6.07) is 7.64. The summed E-state index contributed by atoms with van der Waals surface area (Å²) in [5, 5.41) is 3.89. The van der Waals surface area contributed by atoms with Crippen LogP contribution < -0.4 is 5.32 Å². The minimum atomic E-state index is -0.100. The Morgan fingerprint density at radius 3 is 2.80 bits per heavy atom. The molecule has 0 radical (unpaired) electrons. The summed E-state index contributed by atoms with van der Waals surface area (Å²) < 4.78 is 13.6. The van der Waals surface area contributed by atoms with Gasteiger partial charge in [0.25, 0.3) is 0 Å². The van der Waals surface area contributed by atoms with Crippen molar-refractivity contribution in [2.24, 2.45) is 0 Å². The van der Waals surface area contributed by atoms with Crippen LogP contribution in [0.5, 0.6) is 0 Å². The molecule has 1 aliphatic rings. The van der Waals surface area contributed by atoms with Gasteiger partial charge in [-0.25, -0.2) is 4.39 Å². The predicted molar refractivity (Wildman–Crippen MR) is 63.7 cm³/mol. The zero-order valence-corrected chi connectivity index (χ0v) is 9.85. The Balaban J connectivity index is 2.25. The molecule has 3 atom stereocenters. The maximum atomic E-state index is 13.6. The van der Waals surface area contributed by atoms with Gasteiger partial charge < -0.3 is 5.32 Å². The van der Waals surface area contributed by atoms with Crippen LogP contribution in [0.2, 0.25) is 0 Å². The van der Waals surface area contributed by atoms with Crippen molar-refractivity contribution in [3.63, 3.8) is 0 Å². The highest BCUT2D eigenvalue weighted by Crippen LogP contribution is 2.32. The molecule has 0 bridgehead atoms. The lowest BCUT2D eigenvalue weighted by Gasteiger charge is -2.34. The third-order valence-electron chi connectivity index (χ3n) is 2.78. The molecule has 1 aromatic carbocycles. The van der Waals surface area contributed by atoms with Crippen LogP contribution in [0.1, 0.15) is 25.5 Å². The molecule has 3 heteroatoms. The first kappa shape index (κ1) is 11.0. The third kappa shape index (κ3) is 2.34. The fourth-order valence-corrected chi connectivity index (χ4v) is 3.06. The topological polar surface area (TPSA) is 12.0 Å². The SMILES string of the molecule is CC1CSC(C)C(c2ccccc2F)N1. The molecule has 15 heavy (non-hydrogen) atoms. The van der Waals surface area contributed by atoms with Gasteiger partial charge in [0.1, 0.15) is 5.82 Å². The third-order valence-corrected chi connectivity index (χ3v) is 4.27. The Kier molecular flexibility index (Phi) is 3.32. The highest BCUT2D eigenvalue weighted by molar-refractivity contribution is 8.00. The van der Waals surface area contributed by atoms with E-state index in [1.54, 1.807) is 6.07 Å². The zero-order chi connectivity index (χ0) is 10.8. The second kappa shape index (κ2) is 4.54. The molecule has 1 fully saturated rings. The van der Waals surface area contributed by atoms with Crippen LogP contribution in [0.3, 0.4) is 0 Å². The Hall–Kier alpha value is -0.540. The molecule has 82 valence electrons. The van der Waals surface area contributed by atoms with Crippen molar-refractivity contribution in [3.05, 3.63) is 35.6 Å². The second-order valence-electron chi connectivity index (χ2n) is 4.11. The molecule has 1 heterocycles. The van der Waals surface area contributed by atoms with Crippen molar-refractivity contribution >= 4 is 11.8 Å². The van der Waals surface area contributed by atoms with E-state index in [-0.39, 0.29) is 11.9 Å². The van der Waals surface area contributed by atoms with E-state index in [1.165, 1.54) is 6.07 Å². The average molecular weight is 225 g/mol. The van der Waals surface area contributed by atoms with Gasteiger partial charge in [0.05, 0.1) is 0 Å². The molecule has 3 unspecified atom stereocenters. The number of benzene rings is 1. The zero-order valence-electron chi connectivity index (χ0n) is 9.03. The lowest BCUT2D eigenvalue weighted by atomic mass is 10.0. The Bertz CT molecular complexity index is 342. The standard InChI is InChI=1S/C12H16FNS/c1-8-7-15-9(2)12(14-8)10-5-3-4-6-11(10)13/h3-6,8-9,12,14H,7H2,1-2H3. The number of thioether (sulfide) groups is 1. The molecule has 0 aliphatic carbocycles. The summed E-state index contributed by atoms with van der Waals surface area (Å²) >= 11 is 1.91. The molecule has 0 saturated carbocycles. The molecule has 1 aromatic rings. The minimum absolute atomic E-state index is 0.100. The molecule has 1 saturated heterocycles. The first-order valence-corrected chi connectivity index (χ1v) is 6.35. The first-order valence-electron chi connectivity index (χ1n) is 5.30. The number of hydrogen-bond acceptors (Lipinski definition) is 2. The average Bonchev–Trinajstić information content (AvgIpc) is 2.23. The Morgan fingerprint density at radius 1 is 1.33 bits per heavy atom. The fraction of sp³-hybridized carbons (Fsp3) is 0.500. The quantitative estimate of drug-likeness (QED) is 0.788. The molecule has 0 amide bonds. The smallest absolute Gasteiger partial charge is 0.128 e. The molecule has 0 aromatic heterocycles. The van der Waals surface area contributed by atoms with Gasteiger partial charge in [-0.3, -0.25) is 0 Å². The van der Waals surface area contributed by atoms with Crippen molar-refractivity contribution < 1.29 is 4.39 Å². The van der Waals surface area contributed by atoms with Crippen molar-refractivity contribution in [2.45, 2.75) is 31.2 Å². The van der Waals surface area contributed by atoms with E-state index in [9.17, 15) is 4.39 Å². The Labute approximate surface area is 94.5 Å². The van der Waals surface area contributed by atoms with E-state index in [0.717, 1.165) is 11.3 Å². The lowest BCUT2D eigenvalue weighted by molar-refractivity contribution is 0.443. The Morgan fingerprint density at radius 2 is 2.07 bits per heavy atom. The number of halogens is 1. The van der Waals surface area contributed by atoms with Gasteiger partial charge in [-0.05, 0) is 13.0 Å². The summed E-state index contributed by atoms with van der Waals surface area (Å²) in [6.07, 6.45) is 0. The predicted octanol–water partition coefficient (Wildman–Crippen LogP) is 2.98. The van der Waals surface area contributed by atoms with Crippen LogP contribution in [0.4, 0.5) is 4.39 Å². The van der Waals surface area contributed by atoms with E-state index in [4.69, 9.17) is 0 Å². The fourth-order valence-electron chi connectivity index (χ4n) is 1.95. The number of rotatable bonds is 1. The monoisotopic (exact) mass is 225 g/mol. The van der Waals surface area contributed by atoms with Gasteiger partial charge in [0, 0.05) is 28.6 Å². The molecular formula is C12H16FNS. The van der Waals surface area contributed by atoms with Crippen molar-refractivity contribution in [2.75, 3.05) is 5.75 Å². The second-order valence-corrected chi connectivity index (χ2v) is 5.52. The molecule has 0 spiro atoms. The van der Waals surface area contributed by atoms with Crippen LogP contribution >= 0.6 is 11.8 Å². The lowest BCUT2D eigenvalue weighted by Crippen LogP contribution is -2.42. The van der Waals surface area contributed by atoms with Gasteiger partial charge in [-0.15, -0.1) is 0 Å². The van der Waals surface area contributed by atoms with Crippen molar-refractivity contribution in [1.29, 1.82) is 0 Å². The van der Waals surface area contributed by atoms with Gasteiger partial charge in [0.15, 0.2) is 0 Å². The molecule has 1 N–H and O–H groups in total. The van der Waals surface area contributed by atoms with Gasteiger partial charge in [-0.2, -0.15) is 11.8 Å². The van der Waals surface area contributed by atoms with Crippen LogP contribution in [-0.2, 0) is 0 Å². The summed E-state index contributed by atoms with van der Waals surface area (Å²) in [6.45, 7) is 4.30. The highest BCUT2D eigenvalue weighted by atomic mass is 32.2. The van der Waals surface area contributed by atoms with E-state index in [0.29, 0.717) is 11.3 Å². The maximum Gasteiger partial charge on any atom is 0.128 e. The molecule has 2 rings (SSSR count). The van der Waals surface area contributed by atoms with Gasteiger partial charge in [0.2, 0.25) is 0 Å². The normalized spacial score (nSPS) is 31.5. The van der Waals surface area contributed by atoms with Crippen molar-refractivity contribution in [1.82, 2.24) is 5.32 Å². The van der Waals surface area contributed by atoms with E-state index in [2.05, 4.69) is 19.2 Å². The highest BCUT2D eigenvalue weighted by Gasteiger charge is 2.28. The molecule has 1 nitrogen and oxygen atoms in total. The largest absolute Gasteiger partial charge is 0.306 e. The maximum absolute atomic E-state index is 13.6. The molecular weight excluding hydrogens is 209 g/mol. The van der Waals surface area contributed by atoms with Crippen LogP contribution in [0.15, 0.2) is 24.3 Å². The van der Waals surface area contributed by atoms with Gasteiger partial charge in [-0.1, -0.05) is 25.1 Å². The van der Waals surface area contributed by atoms with E-state index < -0.39 is 0 Å². The van der Waals surface area contributed by atoms with E-state index in [1.807, 2.05) is 23.9 Å². The van der Waals surface area contributed by atoms with Crippen molar-refractivity contribution in [3.8, 4) is 0 Å². The summed E-state index contributed by atoms with van der Waals surface area (Å²) in [5.41, 5.74) is 0.795. The minimum Gasteiger partial charge on any atom is -0.306 e. The summed E-state index contributed by atoms with van der Waals surface area (Å²) in [7, 11) is 0. The van der Waals surface area contributed by atoms with Crippen LogP contribution in [-0.4, -0.2) is 17.0 Å².